The molecule has 0 unspecified atom stereocenters. The van der Waals surface area contributed by atoms with Crippen molar-refractivity contribution in [3.05, 3.63) is 74.4 Å². The fourth-order valence-electron chi connectivity index (χ4n) is 2.46. The van der Waals surface area contributed by atoms with Crippen molar-refractivity contribution in [1.29, 1.82) is 0 Å². The van der Waals surface area contributed by atoms with Crippen molar-refractivity contribution < 1.29 is 26.3 Å². The number of rotatable bonds is 1. The van der Waals surface area contributed by atoms with Gasteiger partial charge in [-0.25, -0.2) is 9.36 Å². The van der Waals surface area contributed by atoms with E-state index in [2.05, 4.69) is 4.98 Å². The minimum Gasteiger partial charge on any atom is -0.306 e. The van der Waals surface area contributed by atoms with Crippen LogP contribution >= 0.6 is 0 Å². The summed E-state index contributed by atoms with van der Waals surface area (Å²) in [5.74, 6) is 0. The Balaban J connectivity index is 2.39. The number of hydrogen-bond acceptors (Lipinski definition) is 2. The highest BCUT2D eigenvalue weighted by atomic mass is 19.4. The molecule has 0 saturated heterocycles. The Bertz CT molecular complexity index is 1080. The zero-order chi connectivity index (χ0) is 19.3. The molecule has 26 heavy (non-hydrogen) atoms. The van der Waals surface area contributed by atoms with Gasteiger partial charge in [-0.15, -0.1) is 0 Å². The van der Waals surface area contributed by atoms with Gasteiger partial charge in [0, 0.05) is 0 Å². The Morgan fingerprint density at radius 3 is 1.88 bits per heavy atom. The number of fused-ring (bicyclic) bond motifs is 1. The van der Waals surface area contributed by atoms with E-state index in [1.165, 1.54) is 24.3 Å². The van der Waals surface area contributed by atoms with Gasteiger partial charge in [-0.1, -0.05) is 12.1 Å². The minimum absolute atomic E-state index is 0.0573. The van der Waals surface area contributed by atoms with Gasteiger partial charge in [0.15, 0.2) is 0 Å². The summed E-state index contributed by atoms with van der Waals surface area (Å²) in [4.78, 5) is 26.8. The van der Waals surface area contributed by atoms with E-state index in [0.717, 1.165) is 0 Å². The van der Waals surface area contributed by atoms with Gasteiger partial charge in [0.2, 0.25) is 0 Å². The largest absolute Gasteiger partial charge is 0.416 e. The maximum atomic E-state index is 13.0. The van der Waals surface area contributed by atoms with Crippen molar-refractivity contribution >= 4 is 10.9 Å². The van der Waals surface area contributed by atoms with E-state index in [1.807, 2.05) is 0 Å². The molecule has 0 fully saturated rings. The molecule has 1 aromatic heterocycles. The molecule has 0 spiro atoms. The molecule has 1 N–H and O–H groups in total. The Morgan fingerprint density at radius 1 is 0.808 bits per heavy atom. The summed E-state index contributed by atoms with van der Waals surface area (Å²) < 4.78 is 78.0. The monoisotopic (exact) mass is 374 g/mol. The van der Waals surface area contributed by atoms with Crippen molar-refractivity contribution in [3.63, 3.8) is 0 Å². The van der Waals surface area contributed by atoms with Crippen LogP contribution in [0.2, 0.25) is 0 Å². The van der Waals surface area contributed by atoms with Gasteiger partial charge in [0.25, 0.3) is 5.56 Å². The molecule has 0 aliphatic rings. The summed E-state index contributed by atoms with van der Waals surface area (Å²) in [6.07, 6.45) is -10.2. The molecule has 0 aliphatic carbocycles. The van der Waals surface area contributed by atoms with Gasteiger partial charge < -0.3 is 4.98 Å². The molecule has 136 valence electrons. The Hall–Kier alpha value is -3.04. The van der Waals surface area contributed by atoms with Crippen LogP contribution in [0.15, 0.2) is 52.1 Å². The predicted molar refractivity (Wildman–Crippen MR) is 80.2 cm³/mol. The second kappa shape index (κ2) is 5.75. The number of H-pyrrole nitrogens is 1. The fourth-order valence-corrected chi connectivity index (χ4v) is 2.46. The normalized spacial score (nSPS) is 12.5. The number of alkyl halides is 6. The first-order chi connectivity index (χ1) is 12.0. The second-order valence-electron chi connectivity index (χ2n) is 5.38. The van der Waals surface area contributed by atoms with Crippen LogP contribution in [0, 0.1) is 0 Å². The number of aromatic amines is 1. The van der Waals surface area contributed by atoms with Crippen molar-refractivity contribution in [2.75, 3.05) is 0 Å². The maximum Gasteiger partial charge on any atom is 0.416 e. The van der Waals surface area contributed by atoms with Crippen molar-refractivity contribution in [2.45, 2.75) is 12.4 Å². The molecule has 1 heterocycles. The van der Waals surface area contributed by atoms with Crippen molar-refractivity contribution in [2.24, 2.45) is 0 Å². The number of nitrogens with zero attached hydrogens (tertiary/aromatic N) is 1. The molecule has 2 aromatic carbocycles. The average molecular weight is 374 g/mol. The first-order valence-corrected chi connectivity index (χ1v) is 7.02. The van der Waals surface area contributed by atoms with Crippen molar-refractivity contribution in [3.8, 4) is 5.69 Å². The summed E-state index contributed by atoms with van der Waals surface area (Å²) in [5.41, 5.74) is -6.15. The number of para-hydroxylation sites is 1. The Kier molecular flexibility index (Phi) is 3.93. The van der Waals surface area contributed by atoms with E-state index in [9.17, 15) is 35.9 Å². The van der Waals surface area contributed by atoms with Gasteiger partial charge in [-0.3, -0.25) is 4.79 Å². The molecule has 0 bridgehead atoms. The lowest BCUT2D eigenvalue weighted by Crippen LogP contribution is -2.34. The van der Waals surface area contributed by atoms with Crippen LogP contribution in [0.3, 0.4) is 0 Å². The smallest absolute Gasteiger partial charge is 0.306 e. The molecule has 0 aliphatic heterocycles. The molecule has 3 aromatic rings. The fraction of sp³-hybridized carbons (Fsp3) is 0.125. The van der Waals surface area contributed by atoms with E-state index >= 15 is 0 Å². The van der Waals surface area contributed by atoms with Crippen LogP contribution in [0.4, 0.5) is 26.3 Å². The zero-order valence-electron chi connectivity index (χ0n) is 12.6. The third kappa shape index (κ3) is 3.09. The number of aromatic nitrogens is 2. The molecular formula is C16H8F6N2O2. The molecule has 4 nitrogen and oxygen atoms in total. The summed E-state index contributed by atoms with van der Waals surface area (Å²) in [7, 11) is 0. The van der Waals surface area contributed by atoms with Crippen LogP contribution in [0.1, 0.15) is 11.1 Å². The molecule has 10 heteroatoms. The lowest BCUT2D eigenvalue weighted by Gasteiger charge is -2.15. The molecule has 0 saturated carbocycles. The number of hydrogen-bond donors (Lipinski definition) is 1. The predicted octanol–water partition coefficient (Wildman–Crippen LogP) is 3.72. The number of benzene rings is 2. The minimum atomic E-state index is -5.09. The summed E-state index contributed by atoms with van der Waals surface area (Å²) >= 11 is 0. The third-order valence-corrected chi connectivity index (χ3v) is 3.64. The standard InChI is InChI=1S/C16H8F6N2O2/c17-15(18,19)8-5-9(16(20,21)22)7-10(6-8)24-13(25)11-3-1-2-4-12(11)23-14(24)26/h1-7H,(H,23,26). The lowest BCUT2D eigenvalue weighted by atomic mass is 10.1. The van der Waals surface area contributed by atoms with Gasteiger partial charge in [-0.2, -0.15) is 26.3 Å². The molecule has 0 atom stereocenters. The van der Waals surface area contributed by atoms with E-state index in [4.69, 9.17) is 0 Å². The van der Waals surface area contributed by atoms with Gasteiger partial charge in [0.05, 0.1) is 27.7 Å². The van der Waals surface area contributed by atoms with E-state index in [-0.39, 0.29) is 21.5 Å². The first-order valence-electron chi connectivity index (χ1n) is 7.02. The summed E-state index contributed by atoms with van der Waals surface area (Å²) in [5, 5.41) is -0.0573. The Labute approximate surface area is 140 Å². The molecule has 0 amide bonds. The third-order valence-electron chi connectivity index (χ3n) is 3.64. The van der Waals surface area contributed by atoms with Gasteiger partial charge in [-0.05, 0) is 30.3 Å². The topological polar surface area (TPSA) is 54.9 Å². The van der Waals surface area contributed by atoms with Crippen LogP contribution < -0.4 is 11.2 Å². The van der Waals surface area contributed by atoms with E-state index in [0.29, 0.717) is 12.1 Å². The van der Waals surface area contributed by atoms with Crippen LogP contribution in [0.25, 0.3) is 16.6 Å². The highest BCUT2D eigenvalue weighted by Gasteiger charge is 2.37. The number of nitrogens with one attached hydrogen (secondary N) is 1. The van der Waals surface area contributed by atoms with Crippen LogP contribution in [-0.2, 0) is 12.4 Å². The first kappa shape index (κ1) is 17.8. The van der Waals surface area contributed by atoms with Crippen molar-refractivity contribution in [1.82, 2.24) is 9.55 Å². The second-order valence-corrected chi connectivity index (χ2v) is 5.38. The molecule has 3 rings (SSSR count). The van der Waals surface area contributed by atoms with E-state index < -0.39 is 40.4 Å². The highest BCUT2D eigenvalue weighted by molar-refractivity contribution is 5.77. The average Bonchev–Trinajstić information content (AvgIpc) is 2.53. The van der Waals surface area contributed by atoms with Gasteiger partial charge in [0.1, 0.15) is 0 Å². The zero-order valence-corrected chi connectivity index (χ0v) is 12.6. The van der Waals surface area contributed by atoms with Gasteiger partial charge >= 0.3 is 18.0 Å². The number of halogens is 6. The quantitative estimate of drug-likeness (QED) is 0.660. The molecular weight excluding hydrogens is 366 g/mol. The molecule has 0 radical (unpaired) electrons. The summed E-state index contributed by atoms with van der Waals surface area (Å²) in [6.45, 7) is 0. The van der Waals surface area contributed by atoms with Crippen LogP contribution in [0.5, 0.6) is 0 Å². The van der Waals surface area contributed by atoms with Crippen LogP contribution in [-0.4, -0.2) is 9.55 Å². The lowest BCUT2D eigenvalue weighted by molar-refractivity contribution is -0.143. The summed E-state index contributed by atoms with van der Waals surface area (Å²) in [6, 6.07) is 6.19. The van der Waals surface area contributed by atoms with E-state index in [1.54, 1.807) is 0 Å². The SMILES string of the molecule is O=c1[nH]c2ccccc2c(=O)n1-c1cc(C(F)(F)F)cc(C(F)(F)F)c1. The maximum absolute atomic E-state index is 13.0. The highest BCUT2D eigenvalue weighted by Crippen LogP contribution is 2.36. The Morgan fingerprint density at radius 2 is 1.35 bits per heavy atom.